The van der Waals surface area contributed by atoms with Crippen LogP contribution in [0.5, 0.6) is 0 Å². The lowest BCUT2D eigenvalue weighted by atomic mass is 9.80. The predicted octanol–water partition coefficient (Wildman–Crippen LogP) is 4.98. The molecule has 2 aliphatic carbocycles. The van der Waals surface area contributed by atoms with Crippen LogP contribution in [-0.2, 0) is 25.7 Å². The van der Waals surface area contributed by atoms with Crippen LogP contribution in [0.15, 0.2) is 60.9 Å². The molecule has 0 saturated heterocycles. The number of aryl methyl sites for hydroxylation is 2. The Hall–Kier alpha value is -3.93. The molecule has 0 N–H and O–H groups in total. The minimum absolute atomic E-state index is 0.0977. The van der Waals surface area contributed by atoms with Crippen molar-refractivity contribution in [3.63, 3.8) is 0 Å². The lowest BCUT2D eigenvalue weighted by molar-refractivity contribution is -0.384. The zero-order valence-electron chi connectivity index (χ0n) is 16.7. The second-order valence-electron chi connectivity index (χ2n) is 7.97. The van der Waals surface area contributed by atoms with Crippen molar-refractivity contribution in [3.05, 3.63) is 93.3 Å². The Morgan fingerprint density at radius 3 is 1.94 bits per heavy atom. The lowest BCUT2D eigenvalue weighted by Crippen LogP contribution is -2.16. The first-order chi connectivity index (χ1) is 15.2. The van der Waals surface area contributed by atoms with E-state index in [9.17, 15) is 10.1 Å². The van der Waals surface area contributed by atoms with Gasteiger partial charge in [-0.05, 0) is 71.2 Å². The van der Waals surface area contributed by atoms with Gasteiger partial charge in [-0.2, -0.15) is 0 Å². The lowest BCUT2D eigenvalue weighted by Gasteiger charge is -2.28. The summed E-state index contributed by atoms with van der Waals surface area (Å²) in [6.07, 6.45) is 7.03. The van der Waals surface area contributed by atoms with Crippen molar-refractivity contribution in [1.29, 1.82) is 0 Å². The van der Waals surface area contributed by atoms with Crippen molar-refractivity contribution in [1.82, 2.24) is 15.0 Å². The predicted molar refractivity (Wildman–Crippen MR) is 118 cm³/mol. The quantitative estimate of drug-likeness (QED) is 0.346. The molecule has 0 bridgehead atoms. The molecule has 6 nitrogen and oxygen atoms in total. The van der Waals surface area contributed by atoms with Crippen molar-refractivity contribution < 1.29 is 4.92 Å². The van der Waals surface area contributed by atoms with E-state index in [0.717, 1.165) is 70.7 Å². The molecule has 0 atom stereocenters. The van der Waals surface area contributed by atoms with E-state index >= 15 is 0 Å². The van der Waals surface area contributed by atoms with E-state index in [-0.39, 0.29) is 10.6 Å². The van der Waals surface area contributed by atoms with E-state index in [1.165, 1.54) is 17.2 Å². The Morgan fingerprint density at radius 2 is 1.35 bits per heavy atom. The molecule has 2 aliphatic rings. The highest BCUT2D eigenvalue weighted by molar-refractivity contribution is 5.86. The van der Waals surface area contributed by atoms with Gasteiger partial charge in [-0.3, -0.25) is 20.1 Å². The third-order valence-corrected chi connectivity index (χ3v) is 6.26. The molecular formula is C25H18N4O2. The molecule has 0 amide bonds. The van der Waals surface area contributed by atoms with Crippen molar-refractivity contribution in [2.45, 2.75) is 25.7 Å². The van der Waals surface area contributed by atoms with Gasteiger partial charge in [-0.15, -0.1) is 0 Å². The van der Waals surface area contributed by atoms with E-state index in [1.54, 1.807) is 24.5 Å². The number of nitro benzene ring substituents is 1. The van der Waals surface area contributed by atoms with E-state index in [1.807, 2.05) is 18.2 Å². The fourth-order valence-corrected chi connectivity index (χ4v) is 4.89. The summed E-state index contributed by atoms with van der Waals surface area (Å²) in [6, 6.07) is 15.1. The molecule has 31 heavy (non-hydrogen) atoms. The van der Waals surface area contributed by atoms with Gasteiger partial charge in [0.25, 0.3) is 5.69 Å². The molecule has 0 radical (unpaired) electrons. The third-order valence-electron chi connectivity index (χ3n) is 6.26. The first-order valence-electron chi connectivity index (χ1n) is 10.4. The average molecular weight is 406 g/mol. The number of fused-ring (bicyclic) bond motifs is 6. The fourth-order valence-electron chi connectivity index (χ4n) is 4.89. The van der Waals surface area contributed by atoms with Crippen LogP contribution >= 0.6 is 0 Å². The largest absolute Gasteiger partial charge is 0.270 e. The minimum atomic E-state index is -0.336. The third kappa shape index (κ3) is 2.75. The van der Waals surface area contributed by atoms with Gasteiger partial charge in [0.15, 0.2) is 0 Å². The maximum absolute atomic E-state index is 11.5. The molecule has 0 spiro atoms. The summed E-state index contributed by atoms with van der Waals surface area (Å²) in [5.41, 5.74) is 10.2. The van der Waals surface area contributed by atoms with Crippen LogP contribution in [0, 0.1) is 10.1 Å². The Morgan fingerprint density at radius 1 is 0.742 bits per heavy atom. The molecule has 3 aromatic heterocycles. The van der Waals surface area contributed by atoms with Crippen molar-refractivity contribution in [2.75, 3.05) is 0 Å². The maximum Gasteiger partial charge on any atom is 0.270 e. The zero-order chi connectivity index (χ0) is 20.9. The number of nitrogens with zero attached hydrogens (tertiary/aromatic N) is 4. The van der Waals surface area contributed by atoms with Crippen LogP contribution in [0.2, 0.25) is 0 Å². The first kappa shape index (κ1) is 17.9. The molecule has 0 saturated carbocycles. The Kier molecular flexibility index (Phi) is 3.93. The van der Waals surface area contributed by atoms with Crippen LogP contribution < -0.4 is 0 Å². The fraction of sp³-hybridized carbons (Fsp3) is 0.160. The summed E-state index contributed by atoms with van der Waals surface area (Å²) in [7, 11) is 0. The first-order valence-corrected chi connectivity index (χ1v) is 10.4. The van der Waals surface area contributed by atoms with Crippen molar-refractivity contribution >= 4 is 5.69 Å². The van der Waals surface area contributed by atoms with Crippen LogP contribution in [0.3, 0.4) is 0 Å². The molecule has 6 rings (SSSR count). The summed E-state index contributed by atoms with van der Waals surface area (Å²) in [5.74, 6) is 0. The highest BCUT2D eigenvalue weighted by Gasteiger charge is 2.30. The van der Waals surface area contributed by atoms with Gasteiger partial charge < -0.3 is 0 Å². The van der Waals surface area contributed by atoms with Gasteiger partial charge in [0.2, 0.25) is 0 Å². The smallest absolute Gasteiger partial charge is 0.258 e. The van der Waals surface area contributed by atoms with Crippen LogP contribution in [0.1, 0.15) is 22.3 Å². The van der Waals surface area contributed by atoms with Crippen molar-refractivity contribution in [2.24, 2.45) is 0 Å². The molecule has 0 aliphatic heterocycles. The summed E-state index contributed by atoms with van der Waals surface area (Å²) >= 11 is 0. The topological polar surface area (TPSA) is 81.8 Å². The molecule has 3 heterocycles. The number of benzene rings is 1. The van der Waals surface area contributed by atoms with E-state index in [4.69, 9.17) is 4.98 Å². The number of non-ortho nitro benzene ring substituents is 1. The number of rotatable bonds is 2. The Labute approximate surface area is 178 Å². The average Bonchev–Trinajstić information content (AvgIpc) is 2.82. The SMILES string of the molecule is O=[N+]([O-])c1cccc(-c2c3c(nc4c2CCc2cccnc2-4)-c2ncccc2CC3)c1. The Balaban J connectivity index is 1.71. The van der Waals surface area contributed by atoms with E-state index in [2.05, 4.69) is 22.1 Å². The van der Waals surface area contributed by atoms with Crippen molar-refractivity contribution in [3.8, 4) is 33.9 Å². The highest BCUT2D eigenvalue weighted by Crippen LogP contribution is 2.44. The van der Waals surface area contributed by atoms with Crippen LogP contribution in [-0.4, -0.2) is 19.9 Å². The van der Waals surface area contributed by atoms with Gasteiger partial charge in [-0.25, -0.2) is 4.98 Å². The molecule has 1 aromatic carbocycles. The molecule has 0 fully saturated rings. The van der Waals surface area contributed by atoms with Gasteiger partial charge in [0, 0.05) is 24.5 Å². The van der Waals surface area contributed by atoms with E-state index in [0.29, 0.717) is 0 Å². The number of pyridine rings is 3. The highest BCUT2D eigenvalue weighted by atomic mass is 16.6. The number of aromatic nitrogens is 3. The van der Waals surface area contributed by atoms with Gasteiger partial charge in [-0.1, -0.05) is 24.3 Å². The van der Waals surface area contributed by atoms with Gasteiger partial charge in [0.05, 0.1) is 27.7 Å². The molecular weight excluding hydrogens is 388 g/mol. The van der Waals surface area contributed by atoms with Gasteiger partial charge in [0.1, 0.15) is 0 Å². The summed E-state index contributed by atoms with van der Waals surface area (Å²) < 4.78 is 0. The molecule has 4 aromatic rings. The summed E-state index contributed by atoms with van der Waals surface area (Å²) in [5, 5.41) is 11.5. The monoisotopic (exact) mass is 406 g/mol. The summed E-state index contributed by atoms with van der Waals surface area (Å²) in [4.78, 5) is 25.6. The maximum atomic E-state index is 11.5. The van der Waals surface area contributed by atoms with Crippen LogP contribution in [0.25, 0.3) is 33.9 Å². The molecule has 0 unspecified atom stereocenters. The number of nitro groups is 1. The molecule has 6 heteroatoms. The summed E-state index contributed by atoms with van der Waals surface area (Å²) in [6.45, 7) is 0. The number of hydrogen-bond acceptors (Lipinski definition) is 5. The van der Waals surface area contributed by atoms with Crippen LogP contribution in [0.4, 0.5) is 5.69 Å². The van der Waals surface area contributed by atoms with E-state index < -0.39 is 0 Å². The number of hydrogen-bond donors (Lipinski definition) is 0. The zero-order valence-corrected chi connectivity index (χ0v) is 16.7. The Bertz CT molecular complexity index is 1310. The molecule has 150 valence electrons. The normalized spacial score (nSPS) is 13.5. The second-order valence-corrected chi connectivity index (χ2v) is 7.97. The second kappa shape index (κ2) is 6.80. The van der Waals surface area contributed by atoms with Gasteiger partial charge >= 0.3 is 0 Å². The minimum Gasteiger partial charge on any atom is -0.258 e. The standard InChI is InChI=1S/C25H18N4O2/c30-29(31)18-7-1-4-17(14-18)21-19-10-8-15-5-2-12-26-22(15)24(19)28-25-20(21)11-9-16-6-3-13-27-23(16)25/h1-7,12-14H,8-11H2.